The second-order valence-electron chi connectivity index (χ2n) is 6.21. The lowest BCUT2D eigenvalue weighted by atomic mass is 10.0. The summed E-state index contributed by atoms with van der Waals surface area (Å²) in [6.07, 6.45) is 5.18. The van der Waals surface area contributed by atoms with E-state index in [1.54, 1.807) is 31.8 Å². The molecule has 7 nitrogen and oxygen atoms in total. The minimum absolute atomic E-state index is 0.192. The topological polar surface area (TPSA) is 84.8 Å². The normalized spacial score (nSPS) is 12.1. The molecule has 4 aromatic rings. The second kappa shape index (κ2) is 6.95. The van der Waals surface area contributed by atoms with Crippen molar-refractivity contribution >= 4 is 16.9 Å². The molecule has 0 aliphatic heterocycles. The van der Waals surface area contributed by atoms with Crippen molar-refractivity contribution in [1.82, 2.24) is 24.8 Å². The maximum atomic E-state index is 12.9. The summed E-state index contributed by atoms with van der Waals surface area (Å²) < 4.78 is 7.22. The molecule has 0 spiro atoms. The Bertz CT molecular complexity index is 1100. The summed E-state index contributed by atoms with van der Waals surface area (Å²) in [6, 6.07) is 12.6. The minimum atomic E-state index is -0.412. The fraction of sp³-hybridized carbons (Fsp3) is 0.150. The van der Waals surface area contributed by atoms with Crippen molar-refractivity contribution in [3.8, 4) is 5.75 Å². The maximum Gasteiger partial charge on any atom is 0.252 e. The molecule has 136 valence electrons. The highest BCUT2D eigenvalue weighted by molar-refractivity contribution is 5.97. The van der Waals surface area contributed by atoms with Crippen LogP contribution in [0, 0.1) is 0 Å². The van der Waals surface area contributed by atoms with E-state index in [4.69, 9.17) is 4.74 Å². The largest absolute Gasteiger partial charge is 0.497 e. The van der Waals surface area contributed by atoms with Gasteiger partial charge in [-0.1, -0.05) is 12.1 Å². The summed E-state index contributed by atoms with van der Waals surface area (Å²) in [5.41, 5.74) is 3.08. The molecule has 4 rings (SSSR count). The Kier molecular flexibility index (Phi) is 4.33. The average Bonchev–Trinajstić information content (AvgIpc) is 3.34. The first-order valence-corrected chi connectivity index (χ1v) is 8.51. The molecule has 0 saturated carbocycles. The summed E-state index contributed by atoms with van der Waals surface area (Å²) >= 11 is 0. The highest BCUT2D eigenvalue weighted by atomic mass is 16.5. The van der Waals surface area contributed by atoms with Gasteiger partial charge in [0.05, 0.1) is 24.5 Å². The van der Waals surface area contributed by atoms with Gasteiger partial charge in [0.25, 0.3) is 5.91 Å². The van der Waals surface area contributed by atoms with Crippen LogP contribution in [0.25, 0.3) is 11.0 Å². The van der Waals surface area contributed by atoms with Gasteiger partial charge >= 0.3 is 0 Å². The van der Waals surface area contributed by atoms with Gasteiger partial charge in [-0.3, -0.25) is 4.79 Å². The van der Waals surface area contributed by atoms with Crippen LogP contribution in [0.5, 0.6) is 5.75 Å². The van der Waals surface area contributed by atoms with Gasteiger partial charge in [0, 0.05) is 25.0 Å². The number of carbonyl (C=O) groups excluding carboxylic acids is 1. The minimum Gasteiger partial charge on any atom is -0.497 e. The van der Waals surface area contributed by atoms with E-state index in [0.29, 0.717) is 5.56 Å². The van der Waals surface area contributed by atoms with Crippen LogP contribution in [0.2, 0.25) is 0 Å². The molecule has 0 saturated heterocycles. The lowest BCUT2D eigenvalue weighted by molar-refractivity contribution is 0.0941. The van der Waals surface area contributed by atoms with Gasteiger partial charge in [-0.2, -0.15) is 0 Å². The van der Waals surface area contributed by atoms with Crippen molar-refractivity contribution in [1.29, 1.82) is 0 Å². The van der Waals surface area contributed by atoms with Gasteiger partial charge in [-0.15, -0.1) is 0 Å². The highest BCUT2D eigenvalue weighted by Crippen LogP contribution is 2.25. The number of nitrogens with zero attached hydrogens (tertiary/aromatic N) is 3. The van der Waals surface area contributed by atoms with Crippen molar-refractivity contribution in [3.05, 3.63) is 78.1 Å². The Morgan fingerprint density at radius 1 is 1.22 bits per heavy atom. The standard InChI is InChI=1S/C20H19N5O2/c1-25-9-8-21-19(25)18(13-4-3-5-15(10-13)27-2)24-20(26)14-6-7-16-17(11-14)23-12-22-16/h3-12,18H,1-2H3,(H,22,23)(H,24,26). The van der Waals surface area contributed by atoms with Gasteiger partial charge in [-0.05, 0) is 35.9 Å². The Hall–Kier alpha value is -3.61. The monoisotopic (exact) mass is 361 g/mol. The van der Waals surface area contributed by atoms with E-state index >= 15 is 0 Å². The second-order valence-corrected chi connectivity index (χ2v) is 6.21. The molecule has 0 bridgehead atoms. The van der Waals surface area contributed by atoms with Crippen LogP contribution in [0.3, 0.4) is 0 Å². The number of fused-ring (bicyclic) bond motifs is 1. The number of carbonyl (C=O) groups is 1. The van der Waals surface area contributed by atoms with E-state index in [9.17, 15) is 4.79 Å². The van der Waals surface area contributed by atoms with Gasteiger partial charge < -0.3 is 19.6 Å². The lowest BCUT2D eigenvalue weighted by Gasteiger charge is -2.20. The number of aromatic amines is 1. The molecule has 0 aliphatic carbocycles. The van der Waals surface area contributed by atoms with Crippen LogP contribution in [-0.2, 0) is 7.05 Å². The predicted molar refractivity (Wildman–Crippen MR) is 102 cm³/mol. The molecular formula is C20H19N5O2. The Labute approximate surface area is 156 Å². The fourth-order valence-corrected chi connectivity index (χ4v) is 3.06. The van der Waals surface area contributed by atoms with Crippen molar-refractivity contribution in [2.24, 2.45) is 7.05 Å². The van der Waals surface area contributed by atoms with Crippen LogP contribution < -0.4 is 10.1 Å². The number of aromatic nitrogens is 4. The Balaban J connectivity index is 1.70. The smallest absolute Gasteiger partial charge is 0.252 e. The molecule has 0 aliphatic rings. The molecule has 2 aromatic carbocycles. The van der Waals surface area contributed by atoms with E-state index in [1.165, 1.54) is 0 Å². The third-order valence-electron chi connectivity index (χ3n) is 4.50. The fourth-order valence-electron chi connectivity index (χ4n) is 3.06. The number of benzene rings is 2. The lowest BCUT2D eigenvalue weighted by Crippen LogP contribution is -2.31. The number of H-pyrrole nitrogens is 1. The first-order valence-electron chi connectivity index (χ1n) is 8.51. The van der Waals surface area contributed by atoms with E-state index in [-0.39, 0.29) is 5.91 Å². The molecule has 27 heavy (non-hydrogen) atoms. The molecule has 2 aromatic heterocycles. The summed E-state index contributed by atoms with van der Waals surface area (Å²) in [7, 11) is 3.52. The molecule has 0 fully saturated rings. The zero-order valence-corrected chi connectivity index (χ0v) is 15.0. The molecule has 1 atom stereocenters. The molecule has 2 heterocycles. The molecule has 2 N–H and O–H groups in total. The van der Waals surface area contributed by atoms with Crippen molar-refractivity contribution in [3.63, 3.8) is 0 Å². The van der Waals surface area contributed by atoms with E-state index in [1.807, 2.05) is 48.1 Å². The summed E-state index contributed by atoms with van der Waals surface area (Å²) in [4.78, 5) is 24.6. The number of hydrogen-bond acceptors (Lipinski definition) is 4. The number of imidazole rings is 2. The van der Waals surface area contributed by atoms with E-state index in [2.05, 4.69) is 20.3 Å². The number of methoxy groups -OCH3 is 1. The van der Waals surface area contributed by atoms with Crippen LogP contribution in [0.4, 0.5) is 0 Å². The molecule has 7 heteroatoms. The number of amides is 1. The third kappa shape index (κ3) is 3.27. The first kappa shape index (κ1) is 16.8. The quantitative estimate of drug-likeness (QED) is 0.572. The van der Waals surface area contributed by atoms with E-state index in [0.717, 1.165) is 28.2 Å². The average molecular weight is 361 g/mol. The first-order chi connectivity index (χ1) is 13.2. The molecule has 0 radical (unpaired) electrons. The zero-order valence-electron chi connectivity index (χ0n) is 15.0. The van der Waals surface area contributed by atoms with Crippen LogP contribution in [0.1, 0.15) is 27.8 Å². The number of aryl methyl sites for hydroxylation is 1. The van der Waals surface area contributed by atoms with Gasteiger partial charge in [0.2, 0.25) is 0 Å². The highest BCUT2D eigenvalue weighted by Gasteiger charge is 2.22. The SMILES string of the molecule is COc1cccc(C(NC(=O)c2ccc3nc[nH]c3c2)c2nccn2C)c1. The summed E-state index contributed by atoms with van der Waals surface area (Å²) in [6.45, 7) is 0. The van der Waals surface area contributed by atoms with Crippen LogP contribution in [0.15, 0.2) is 61.2 Å². The Morgan fingerprint density at radius 2 is 2.11 bits per heavy atom. The summed E-state index contributed by atoms with van der Waals surface area (Å²) in [5, 5.41) is 3.09. The molecule has 1 amide bonds. The number of ether oxygens (including phenoxy) is 1. The number of hydrogen-bond donors (Lipinski definition) is 2. The van der Waals surface area contributed by atoms with Gasteiger partial charge in [0.1, 0.15) is 17.6 Å². The van der Waals surface area contributed by atoms with Gasteiger partial charge in [-0.25, -0.2) is 9.97 Å². The van der Waals surface area contributed by atoms with Crippen molar-refractivity contribution < 1.29 is 9.53 Å². The van der Waals surface area contributed by atoms with Crippen molar-refractivity contribution in [2.45, 2.75) is 6.04 Å². The zero-order chi connectivity index (χ0) is 18.8. The molecular weight excluding hydrogens is 342 g/mol. The number of nitrogens with one attached hydrogen (secondary N) is 2. The molecule has 1 unspecified atom stereocenters. The summed E-state index contributed by atoms with van der Waals surface area (Å²) in [5.74, 6) is 1.27. The van der Waals surface area contributed by atoms with Crippen LogP contribution in [-0.4, -0.2) is 32.5 Å². The third-order valence-corrected chi connectivity index (χ3v) is 4.50. The van der Waals surface area contributed by atoms with Crippen LogP contribution >= 0.6 is 0 Å². The Morgan fingerprint density at radius 3 is 2.89 bits per heavy atom. The van der Waals surface area contributed by atoms with Crippen molar-refractivity contribution in [2.75, 3.05) is 7.11 Å². The number of rotatable bonds is 5. The predicted octanol–water partition coefficient (Wildman–Crippen LogP) is 2.82. The maximum absolute atomic E-state index is 12.9. The van der Waals surface area contributed by atoms with Gasteiger partial charge in [0.15, 0.2) is 0 Å². The van der Waals surface area contributed by atoms with E-state index < -0.39 is 6.04 Å².